The number of fused-ring (bicyclic) bond motifs is 1. The first-order chi connectivity index (χ1) is 30.3. The number of nitrogens with one attached hydrogen (secondary N) is 5. The largest absolute Gasteiger partial charge is 0.469 e. The maximum absolute atomic E-state index is 14.4. The van der Waals surface area contributed by atoms with Crippen LogP contribution in [-0.4, -0.2) is 95.4 Å². The van der Waals surface area contributed by atoms with Crippen LogP contribution in [0.2, 0.25) is 0 Å². The first-order valence-corrected chi connectivity index (χ1v) is 21.3. The van der Waals surface area contributed by atoms with Gasteiger partial charge in [-0.15, -0.1) is 0 Å². The number of aromatic amines is 1. The van der Waals surface area contributed by atoms with Crippen molar-refractivity contribution in [3.05, 3.63) is 107 Å². The van der Waals surface area contributed by atoms with Gasteiger partial charge in [-0.25, -0.2) is 9.59 Å². The number of carbonyl (C=O) groups is 7. The predicted molar refractivity (Wildman–Crippen MR) is 231 cm³/mol. The molecule has 5 atom stereocenters. The summed E-state index contributed by atoms with van der Waals surface area (Å²) in [5.41, 5.74) is 3.88. The standard InChI is InChI=1S/C47H56N6O10/c1-28(2)40(44(57)52-41(32-21-22-32)46(59)62-26-30-14-7-5-8-15-30)51-43(56)38-20-13-23-53(38)45(58)37(25-39(54)61-4)49-42(55)36(50-47(60)63-27-31-16-9-6-10-17-31)24-34-29(3)48-35-19-12-11-18-33(34)35/h5-12,14-19,28,32,36-38,40-41,48H,13,20-27H2,1-4H3,(H,49,55)(H,50,60)(H,51,56)(H,52,57)/t36-,37-,38+,40-,41?/m1/s1. The van der Waals surface area contributed by atoms with Crippen LogP contribution >= 0.6 is 0 Å². The topological polar surface area (TPSA) is 214 Å². The Hall–Kier alpha value is -6.71. The van der Waals surface area contributed by atoms with Crippen LogP contribution in [0.25, 0.3) is 10.9 Å². The van der Waals surface area contributed by atoms with Crippen LogP contribution in [0.1, 0.15) is 68.3 Å². The van der Waals surface area contributed by atoms with Crippen LogP contribution in [0.3, 0.4) is 0 Å². The second-order valence-corrected chi connectivity index (χ2v) is 16.4. The van der Waals surface area contributed by atoms with Crippen molar-refractivity contribution >= 4 is 52.6 Å². The summed E-state index contributed by atoms with van der Waals surface area (Å²) in [5.74, 6) is -4.52. The van der Waals surface area contributed by atoms with Gasteiger partial charge in [-0.3, -0.25) is 24.0 Å². The third-order valence-corrected chi connectivity index (χ3v) is 11.4. The first-order valence-electron chi connectivity index (χ1n) is 21.3. The molecule has 16 nitrogen and oxygen atoms in total. The number of amides is 5. The van der Waals surface area contributed by atoms with Gasteiger partial charge in [0, 0.05) is 29.6 Å². The van der Waals surface area contributed by atoms with E-state index in [1.165, 1.54) is 4.90 Å². The van der Waals surface area contributed by atoms with Crippen molar-refractivity contribution in [1.29, 1.82) is 0 Å². The van der Waals surface area contributed by atoms with Gasteiger partial charge in [0.05, 0.1) is 13.5 Å². The molecule has 0 spiro atoms. The SMILES string of the molecule is COC(=O)C[C@@H](NC(=O)[C@@H](Cc1c(C)[nH]c2ccccc12)NC(=O)OCc1ccccc1)C(=O)N1CCC[C@H]1C(=O)N[C@@H](C(=O)NC(C(=O)OCc1ccccc1)C1CC1)C(C)C. The van der Waals surface area contributed by atoms with Crippen molar-refractivity contribution in [2.45, 2.75) is 103 Å². The van der Waals surface area contributed by atoms with Crippen molar-refractivity contribution in [2.24, 2.45) is 11.8 Å². The summed E-state index contributed by atoms with van der Waals surface area (Å²) in [6, 6.07) is 20.0. The van der Waals surface area contributed by atoms with E-state index in [-0.39, 0.29) is 38.5 Å². The molecule has 1 aliphatic carbocycles. The van der Waals surface area contributed by atoms with Gasteiger partial charge in [0.2, 0.25) is 23.6 Å². The van der Waals surface area contributed by atoms with Crippen LogP contribution in [-0.2, 0) is 62.6 Å². The Balaban J connectivity index is 1.15. The molecular formula is C47H56N6O10. The number of hydrogen-bond donors (Lipinski definition) is 5. The van der Waals surface area contributed by atoms with E-state index >= 15 is 0 Å². The number of H-pyrrole nitrogens is 1. The van der Waals surface area contributed by atoms with Crippen LogP contribution in [0.15, 0.2) is 84.9 Å². The van der Waals surface area contributed by atoms with Gasteiger partial charge in [-0.1, -0.05) is 92.7 Å². The number of likely N-dealkylation sites (tertiary alicyclic amines) is 1. The van der Waals surface area contributed by atoms with E-state index in [0.717, 1.165) is 53.2 Å². The zero-order valence-electron chi connectivity index (χ0n) is 36.0. The molecule has 2 fully saturated rings. The summed E-state index contributed by atoms with van der Waals surface area (Å²) >= 11 is 0. The molecule has 0 bridgehead atoms. The number of alkyl carbamates (subject to hydrolysis) is 1. The van der Waals surface area contributed by atoms with E-state index in [2.05, 4.69) is 26.3 Å². The van der Waals surface area contributed by atoms with Crippen LogP contribution < -0.4 is 21.3 Å². The summed E-state index contributed by atoms with van der Waals surface area (Å²) in [6.07, 6.45) is 0.713. The van der Waals surface area contributed by atoms with E-state index < -0.39 is 84.2 Å². The summed E-state index contributed by atoms with van der Waals surface area (Å²) < 4.78 is 15.9. The van der Waals surface area contributed by atoms with E-state index in [4.69, 9.17) is 14.2 Å². The molecule has 2 heterocycles. The first kappa shape index (κ1) is 45.8. The number of aryl methyl sites for hydroxylation is 1. The molecule has 1 aliphatic heterocycles. The van der Waals surface area contributed by atoms with E-state index in [0.29, 0.717) is 6.42 Å². The summed E-state index contributed by atoms with van der Waals surface area (Å²) in [5, 5.41) is 11.8. The van der Waals surface area contributed by atoms with Gasteiger partial charge in [-0.05, 0) is 67.2 Å². The maximum atomic E-state index is 14.4. The number of aromatic nitrogens is 1. The van der Waals surface area contributed by atoms with E-state index in [1.54, 1.807) is 38.1 Å². The predicted octanol–water partition coefficient (Wildman–Crippen LogP) is 4.13. The highest BCUT2D eigenvalue weighted by molar-refractivity contribution is 5.98. The number of para-hydroxylation sites is 1. The van der Waals surface area contributed by atoms with Crippen LogP contribution in [0.5, 0.6) is 0 Å². The lowest BCUT2D eigenvalue weighted by Crippen LogP contribution is -2.60. The lowest BCUT2D eigenvalue weighted by atomic mass is 10.0. The van der Waals surface area contributed by atoms with Crippen molar-refractivity contribution in [3.8, 4) is 0 Å². The van der Waals surface area contributed by atoms with Crippen LogP contribution in [0.4, 0.5) is 4.79 Å². The average Bonchev–Trinajstić information content (AvgIpc) is 3.92. The number of esters is 2. The van der Waals surface area contributed by atoms with Gasteiger partial charge < -0.3 is 45.4 Å². The Labute approximate surface area is 366 Å². The molecule has 16 heteroatoms. The molecule has 5 amide bonds. The Morgan fingerprint density at radius 2 is 1.38 bits per heavy atom. The number of methoxy groups -OCH3 is 1. The van der Waals surface area contributed by atoms with E-state index in [1.807, 2.05) is 67.6 Å². The Bertz CT molecular complexity index is 2260. The third kappa shape index (κ3) is 12.2. The Kier molecular flexibility index (Phi) is 15.6. The molecule has 5 N–H and O–H groups in total. The Morgan fingerprint density at radius 3 is 2.02 bits per heavy atom. The van der Waals surface area contributed by atoms with Crippen LogP contribution in [0, 0.1) is 18.8 Å². The van der Waals surface area contributed by atoms with Crippen molar-refractivity contribution in [2.75, 3.05) is 13.7 Å². The molecule has 63 heavy (non-hydrogen) atoms. The van der Waals surface area contributed by atoms with Crippen molar-refractivity contribution in [3.63, 3.8) is 0 Å². The molecule has 1 aromatic heterocycles. The second kappa shape index (κ2) is 21.4. The summed E-state index contributed by atoms with van der Waals surface area (Å²) in [4.78, 5) is 100. The minimum absolute atomic E-state index is 0.000996. The molecule has 4 aromatic rings. The molecule has 6 rings (SSSR count). The third-order valence-electron chi connectivity index (χ3n) is 11.4. The minimum atomic E-state index is -1.49. The smallest absolute Gasteiger partial charge is 0.408 e. The fourth-order valence-electron chi connectivity index (χ4n) is 7.79. The highest BCUT2D eigenvalue weighted by atomic mass is 16.5. The van der Waals surface area contributed by atoms with Gasteiger partial charge in [0.1, 0.15) is 43.4 Å². The van der Waals surface area contributed by atoms with Gasteiger partial charge in [0.25, 0.3) is 0 Å². The zero-order chi connectivity index (χ0) is 45.0. The quantitative estimate of drug-likeness (QED) is 0.0672. The molecular weight excluding hydrogens is 809 g/mol. The summed E-state index contributed by atoms with van der Waals surface area (Å²) in [7, 11) is 1.15. The molecule has 1 unspecified atom stereocenters. The normalized spacial score (nSPS) is 16.6. The highest BCUT2D eigenvalue weighted by Gasteiger charge is 2.43. The number of ether oxygens (including phenoxy) is 3. The molecule has 3 aromatic carbocycles. The fraction of sp³-hybridized carbons (Fsp3) is 0.426. The molecule has 334 valence electrons. The second-order valence-electron chi connectivity index (χ2n) is 16.4. The fourth-order valence-corrected chi connectivity index (χ4v) is 7.79. The molecule has 0 radical (unpaired) electrons. The summed E-state index contributed by atoms with van der Waals surface area (Å²) in [6.45, 7) is 5.47. The number of nitrogens with zero attached hydrogens (tertiary/aromatic N) is 1. The number of benzene rings is 3. The van der Waals surface area contributed by atoms with Gasteiger partial charge in [0.15, 0.2) is 0 Å². The highest BCUT2D eigenvalue weighted by Crippen LogP contribution is 2.33. The maximum Gasteiger partial charge on any atom is 0.408 e. The van der Waals surface area contributed by atoms with Gasteiger partial charge in [-0.2, -0.15) is 0 Å². The van der Waals surface area contributed by atoms with Gasteiger partial charge >= 0.3 is 18.0 Å². The molecule has 1 saturated carbocycles. The van der Waals surface area contributed by atoms with Crippen molar-refractivity contribution < 1.29 is 47.8 Å². The lowest BCUT2D eigenvalue weighted by molar-refractivity contribution is -0.150. The molecule has 2 aliphatic rings. The Morgan fingerprint density at radius 1 is 0.746 bits per heavy atom. The number of carbonyl (C=O) groups excluding carboxylic acids is 7. The molecule has 1 saturated heterocycles. The lowest BCUT2D eigenvalue weighted by Gasteiger charge is -2.31. The number of rotatable bonds is 19. The number of hydrogen-bond acceptors (Lipinski definition) is 10. The van der Waals surface area contributed by atoms with Crippen molar-refractivity contribution in [1.82, 2.24) is 31.2 Å². The van der Waals surface area contributed by atoms with E-state index in [9.17, 15) is 33.6 Å². The minimum Gasteiger partial charge on any atom is -0.469 e. The monoisotopic (exact) mass is 864 g/mol. The average molecular weight is 865 g/mol. The zero-order valence-corrected chi connectivity index (χ0v) is 36.0.